The summed E-state index contributed by atoms with van der Waals surface area (Å²) in [4.78, 5) is 101. The van der Waals surface area contributed by atoms with Gasteiger partial charge in [0.15, 0.2) is 17.4 Å². The number of methoxy groups -OCH3 is 1. The molecule has 0 saturated carbocycles. The molecule has 338 valence electrons. The van der Waals surface area contributed by atoms with Crippen LogP contribution in [0.25, 0.3) is 11.4 Å². The topological polar surface area (TPSA) is 283 Å². The van der Waals surface area contributed by atoms with Crippen LogP contribution in [0.5, 0.6) is 0 Å². The van der Waals surface area contributed by atoms with Crippen molar-refractivity contribution in [3.8, 4) is 0 Å². The van der Waals surface area contributed by atoms with Crippen molar-refractivity contribution >= 4 is 53.0 Å². The fourth-order valence-corrected chi connectivity index (χ4v) is 6.33. The number of nitrogens with one attached hydrogen (secondary N) is 5. The van der Waals surface area contributed by atoms with Crippen LogP contribution in [0.3, 0.4) is 0 Å². The molecule has 4 rings (SSSR count). The molecule has 0 bridgehead atoms. The number of carbonyl (C=O) groups is 7. The minimum atomic E-state index is -1.36. The number of benzene rings is 1. The molecule has 6 N–H and O–H groups in total. The highest BCUT2D eigenvalue weighted by molar-refractivity contribution is 6.04. The van der Waals surface area contributed by atoms with E-state index in [0.717, 1.165) is 12.7 Å². The fraction of sp³-hybridized carbons (Fsp3) is 0.405. The summed E-state index contributed by atoms with van der Waals surface area (Å²) in [6, 6.07) is 5.33. The van der Waals surface area contributed by atoms with E-state index in [4.69, 9.17) is 18.3 Å². The molecule has 6 amide bonds. The second-order valence-electron chi connectivity index (χ2n) is 15.0. The highest BCUT2D eigenvalue weighted by atomic mass is 16.6. The number of aromatic nitrogens is 2. The Morgan fingerprint density at radius 2 is 1.52 bits per heavy atom. The van der Waals surface area contributed by atoms with E-state index in [2.05, 4.69) is 54.4 Å². The lowest BCUT2D eigenvalue weighted by Crippen LogP contribution is -2.54. The van der Waals surface area contributed by atoms with Gasteiger partial charge in [0.2, 0.25) is 23.6 Å². The quantitative estimate of drug-likeness (QED) is 0.0839. The van der Waals surface area contributed by atoms with E-state index in [1.807, 2.05) is 18.2 Å². The molecule has 63 heavy (non-hydrogen) atoms. The number of aryl methyl sites for hydroxylation is 2. The summed E-state index contributed by atoms with van der Waals surface area (Å²) < 4.78 is 27.3. The molecular weight excluding hydrogens is 825 g/mol. The lowest BCUT2D eigenvalue weighted by Gasteiger charge is -2.32. The average Bonchev–Trinajstić information content (AvgIpc) is 3.90. The first kappa shape index (κ1) is 48.5. The van der Waals surface area contributed by atoms with E-state index in [9.17, 15) is 38.7 Å². The molecule has 1 saturated heterocycles. The minimum absolute atomic E-state index is 0.00425. The summed E-state index contributed by atoms with van der Waals surface area (Å²) in [7, 11) is 1.09. The van der Waals surface area contributed by atoms with Gasteiger partial charge in [-0.1, -0.05) is 63.4 Å². The number of ether oxygens (including phenoxy) is 3. The first-order valence-electron chi connectivity index (χ1n) is 19.5. The minimum Gasteiger partial charge on any atom is -0.467 e. The third kappa shape index (κ3) is 11.6. The number of aliphatic hydroxyl groups excluding tert-OH is 1. The van der Waals surface area contributed by atoms with Crippen molar-refractivity contribution in [3.63, 3.8) is 0 Å². The van der Waals surface area contributed by atoms with E-state index in [1.54, 1.807) is 53.7 Å². The zero-order chi connectivity index (χ0) is 46.9. The molecule has 21 heteroatoms. The summed E-state index contributed by atoms with van der Waals surface area (Å²) in [5.74, 6) is -5.90. The highest BCUT2D eigenvalue weighted by Gasteiger charge is 2.52. The number of oxazole rings is 2. The maximum absolute atomic E-state index is 13.8. The molecule has 0 unspecified atom stereocenters. The van der Waals surface area contributed by atoms with Gasteiger partial charge in [-0.2, -0.15) is 0 Å². The summed E-state index contributed by atoms with van der Waals surface area (Å²) in [6.45, 7) is 19.2. The molecule has 21 nitrogen and oxygen atoms in total. The van der Waals surface area contributed by atoms with Gasteiger partial charge in [0.05, 0.1) is 36.9 Å². The second-order valence-corrected chi connectivity index (χ2v) is 15.0. The number of aliphatic hydroxyl groups is 1. The smallest absolute Gasteiger partial charge is 0.413 e. The Balaban J connectivity index is 1.38. The summed E-state index contributed by atoms with van der Waals surface area (Å²) in [5, 5.41) is 21.7. The number of nitrogens with zero attached hydrogens (tertiary/aromatic N) is 3. The lowest BCUT2D eigenvalue weighted by atomic mass is 10.0. The second kappa shape index (κ2) is 20.6. The van der Waals surface area contributed by atoms with Crippen LogP contribution < -0.4 is 26.6 Å². The lowest BCUT2D eigenvalue weighted by molar-refractivity contribution is -0.143. The third-order valence-corrected chi connectivity index (χ3v) is 9.53. The fourth-order valence-electron chi connectivity index (χ4n) is 6.33. The molecule has 1 fully saturated rings. The number of hydrogen-bond acceptors (Lipinski definition) is 15. The van der Waals surface area contributed by atoms with Gasteiger partial charge < -0.3 is 54.7 Å². The molecule has 0 radical (unpaired) electrons. The van der Waals surface area contributed by atoms with E-state index < -0.39 is 89.8 Å². The number of amides is 6. The van der Waals surface area contributed by atoms with Gasteiger partial charge in [-0.15, -0.1) is 0 Å². The van der Waals surface area contributed by atoms with E-state index in [0.29, 0.717) is 0 Å². The van der Waals surface area contributed by atoms with Crippen LogP contribution in [0.1, 0.15) is 91.4 Å². The van der Waals surface area contributed by atoms with Crippen molar-refractivity contribution in [2.45, 2.75) is 92.0 Å². The Morgan fingerprint density at radius 1 is 0.921 bits per heavy atom. The highest BCUT2D eigenvalue weighted by Crippen LogP contribution is 2.33. The zero-order valence-electron chi connectivity index (χ0n) is 36.4. The van der Waals surface area contributed by atoms with Crippen LogP contribution in [-0.4, -0.2) is 105 Å². The Labute approximate surface area is 362 Å². The third-order valence-electron chi connectivity index (χ3n) is 9.53. The predicted molar refractivity (Wildman–Crippen MR) is 222 cm³/mol. The molecule has 0 aliphatic carbocycles. The van der Waals surface area contributed by atoms with Crippen molar-refractivity contribution < 1.29 is 61.7 Å². The Bertz CT molecular complexity index is 2300. The van der Waals surface area contributed by atoms with Crippen LogP contribution >= 0.6 is 0 Å². The van der Waals surface area contributed by atoms with Crippen molar-refractivity contribution in [2.24, 2.45) is 5.92 Å². The Hall–Kier alpha value is -7.13. The van der Waals surface area contributed by atoms with E-state index in [1.165, 1.54) is 24.8 Å². The normalized spacial score (nSPS) is 16.6. The SMILES string of the molecule is C=C(NC(=O)c1nc(/C(=C/C)NC(=O)[C@@H]2[C@@H](C)OC(C)(C)N2C(=O)OCc2ccccc2)oc1C)C(=O)N[C@H](C(=O)NC(=C)c1nc(C(=O)N[C@@H](CO)C(=O)OC)c(C)o1)C(C)C. The van der Waals surface area contributed by atoms with Crippen molar-refractivity contribution in [1.29, 1.82) is 0 Å². The van der Waals surface area contributed by atoms with Crippen LogP contribution in [0.15, 0.2) is 64.1 Å². The summed E-state index contributed by atoms with van der Waals surface area (Å²) in [5.41, 5.74) is -1.53. The number of esters is 1. The number of rotatable bonds is 17. The van der Waals surface area contributed by atoms with E-state index >= 15 is 0 Å². The van der Waals surface area contributed by atoms with Crippen LogP contribution in [0, 0.1) is 19.8 Å². The first-order chi connectivity index (χ1) is 29.6. The van der Waals surface area contributed by atoms with Gasteiger partial charge in [0, 0.05) is 0 Å². The zero-order valence-corrected chi connectivity index (χ0v) is 36.4. The Morgan fingerprint density at radius 3 is 2.11 bits per heavy atom. The molecule has 4 atom stereocenters. The Kier molecular flexibility index (Phi) is 15.9. The molecule has 1 aliphatic rings. The summed E-state index contributed by atoms with van der Waals surface area (Å²) in [6.07, 6.45) is -0.0411. The van der Waals surface area contributed by atoms with Gasteiger partial charge >= 0.3 is 12.1 Å². The van der Waals surface area contributed by atoms with Gasteiger partial charge in [0.25, 0.3) is 17.7 Å². The number of allylic oxidation sites excluding steroid dienone is 1. The van der Waals surface area contributed by atoms with Gasteiger partial charge in [0.1, 0.15) is 35.9 Å². The maximum atomic E-state index is 13.8. The molecular formula is C42H52N8O13. The predicted octanol–water partition coefficient (Wildman–Crippen LogP) is 2.35. The van der Waals surface area contributed by atoms with Crippen molar-refractivity contribution in [1.82, 2.24) is 41.5 Å². The maximum Gasteiger partial charge on any atom is 0.413 e. The average molecular weight is 877 g/mol. The standard InChI is InChI=1S/C42H52N8O13/c1-12-27(45-37(56)32-25(8)63-42(9,10)50(32)41(58)60-19-26-16-14-13-15-17-26)39-49-30(24(7)62-39)35(54)43-21(4)33(52)47-29(20(2)3)34(53)44-22(5)38-48-31(23(6)61-38)36(55)46-28(18-51)40(57)59-11/h12-17,20,25,28-29,32,51H,4-5,18-19H2,1-3,6-11H3,(H,43,54)(H,44,53)(H,45,56)(H,46,55)(H,47,52)/b27-12-/t25-,28+,29+,32+/m1/s1. The van der Waals surface area contributed by atoms with Crippen molar-refractivity contribution in [3.05, 3.63) is 95.5 Å². The van der Waals surface area contributed by atoms with Crippen LogP contribution in [-0.2, 0) is 40.0 Å². The molecule has 2 aromatic heterocycles. The van der Waals surface area contributed by atoms with E-state index in [-0.39, 0.29) is 52.7 Å². The molecule has 3 heterocycles. The van der Waals surface area contributed by atoms with Crippen LogP contribution in [0.2, 0.25) is 0 Å². The molecule has 1 aliphatic heterocycles. The van der Waals surface area contributed by atoms with Gasteiger partial charge in [-0.3, -0.25) is 28.9 Å². The monoisotopic (exact) mass is 876 g/mol. The van der Waals surface area contributed by atoms with Crippen molar-refractivity contribution in [2.75, 3.05) is 13.7 Å². The van der Waals surface area contributed by atoms with Gasteiger partial charge in [-0.25, -0.2) is 19.6 Å². The number of carbonyl (C=O) groups excluding carboxylic acids is 7. The largest absolute Gasteiger partial charge is 0.467 e. The van der Waals surface area contributed by atoms with Gasteiger partial charge in [-0.05, 0) is 53.0 Å². The molecule has 0 spiro atoms. The number of hydrogen-bond donors (Lipinski definition) is 6. The molecule has 1 aromatic carbocycles. The first-order valence-corrected chi connectivity index (χ1v) is 19.5. The summed E-state index contributed by atoms with van der Waals surface area (Å²) >= 11 is 0. The molecule has 3 aromatic rings. The van der Waals surface area contributed by atoms with Crippen LogP contribution in [0.4, 0.5) is 4.79 Å².